The van der Waals surface area contributed by atoms with Crippen molar-refractivity contribution in [3.63, 3.8) is 0 Å². The number of nitrogens with one attached hydrogen (secondary N) is 3. The summed E-state index contributed by atoms with van der Waals surface area (Å²) < 4.78 is 29.7. The van der Waals surface area contributed by atoms with E-state index in [1.807, 2.05) is 0 Å². The van der Waals surface area contributed by atoms with Gasteiger partial charge in [-0.2, -0.15) is 12.7 Å². The zero-order valence-electron chi connectivity index (χ0n) is 26.2. The fourth-order valence-corrected chi connectivity index (χ4v) is 10.0. The Morgan fingerprint density at radius 1 is 0.791 bits per heavy atom. The number of amides is 2. The van der Waals surface area contributed by atoms with Gasteiger partial charge in [-0.15, -0.1) is 24.8 Å². The molecule has 244 valence electrons. The molecule has 1 aromatic rings. The minimum atomic E-state index is -3.86. The molecule has 12 heteroatoms. The van der Waals surface area contributed by atoms with E-state index in [4.69, 9.17) is 0 Å². The molecular formula is C31H52Cl2N6O3S. The molecule has 43 heavy (non-hydrogen) atoms. The Balaban J connectivity index is 0.000000275. The molecule has 4 heterocycles. The van der Waals surface area contributed by atoms with Gasteiger partial charge in [0.2, 0.25) is 0 Å². The summed E-state index contributed by atoms with van der Waals surface area (Å²) in [5.74, 6) is 0. The topological polar surface area (TPSA) is 97.0 Å². The lowest BCUT2D eigenvalue weighted by atomic mass is 9.99. The summed E-state index contributed by atoms with van der Waals surface area (Å²) in [6.45, 7) is 12.3. The van der Waals surface area contributed by atoms with Crippen LogP contribution in [0.15, 0.2) is 6.07 Å². The van der Waals surface area contributed by atoms with Crippen LogP contribution in [0.2, 0.25) is 0 Å². The second-order valence-electron chi connectivity index (χ2n) is 13.6. The molecule has 3 N–H and O–H groups in total. The Morgan fingerprint density at radius 3 is 1.72 bits per heavy atom. The number of fused-ring (bicyclic) bond motifs is 6. The average Bonchev–Trinajstić information content (AvgIpc) is 3.69. The highest BCUT2D eigenvalue weighted by atomic mass is 35.5. The average molecular weight is 660 g/mol. The van der Waals surface area contributed by atoms with Crippen LogP contribution in [0.5, 0.6) is 0 Å². The number of nitrogens with zero attached hydrogens (tertiary/aromatic N) is 3. The van der Waals surface area contributed by atoms with Gasteiger partial charge in [-0.1, -0.05) is 6.07 Å². The molecule has 0 spiro atoms. The Kier molecular flexibility index (Phi) is 11.4. The highest BCUT2D eigenvalue weighted by Crippen LogP contribution is 2.39. The second kappa shape index (κ2) is 14.1. The number of hydrogen-bond donors (Lipinski definition) is 3. The third-order valence-corrected chi connectivity index (χ3v) is 11.8. The van der Waals surface area contributed by atoms with Crippen molar-refractivity contribution >= 4 is 46.7 Å². The van der Waals surface area contributed by atoms with E-state index in [1.54, 1.807) is 0 Å². The van der Waals surface area contributed by atoms with Gasteiger partial charge in [0, 0.05) is 68.1 Å². The van der Waals surface area contributed by atoms with E-state index in [2.05, 4.69) is 58.9 Å². The Morgan fingerprint density at radius 2 is 1.26 bits per heavy atom. The number of aryl methyl sites for hydroxylation is 2. The number of urea groups is 1. The molecule has 2 amide bonds. The number of halogens is 2. The molecule has 0 aromatic heterocycles. The highest BCUT2D eigenvalue weighted by Gasteiger charge is 2.45. The Hall–Kier alpha value is -1.14. The fourth-order valence-electron chi connectivity index (χ4n) is 8.88. The first-order chi connectivity index (χ1) is 19.6. The third kappa shape index (κ3) is 7.00. The third-order valence-electron chi connectivity index (χ3n) is 10.4. The first kappa shape index (κ1) is 34.7. The Bertz CT molecular complexity index is 1200. The van der Waals surface area contributed by atoms with Gasteiger partial charge >= 0.3 is 16.2 Å². The van der Waals surface area contributed by atoms with Crippen LogP contribution in [-0.2, 0) is 35.9 Å². The van der Waals surface area contributed by atoms with Crippen LogP contribution in [0, 0.1) is 0 Å². The van der Waals surface area contributed by atoms with E-state index < -0.39 is 16.2 Å². The number of hydrogen-bond acceptors (Lipinski definition) is 6. The molecule has 4 atom stereocenters. The predicted octanol–water partition coefficient (Wildman–Crippen LogP) is 4.26. The summed E-state index contributed by atoms with van der Waals surface area (Å²) in [6, 6.07) is 4.98. The summed E-state index contributed by atoms with van der Waals surface area (Å²) in [5, 5.41) is 6.43. The predicted molar refractivity (Wildman–Crippen MR) is 178 cm³/mol. The van der Waals surface area contributed by atoms with Crippen molar-refractivity contribution < 1.29 is 13.2 Å². The van der Waals surface area contributed by atoms with E-state index >= 15 is 0 Å². The number of anilines is 1. The molecule has 7 rings (SSSR count). The molecule has 0 saturated carbocycles. The van der Waals surface area contributed by atoms with Gasteiger partial charge in [0.1, 0.15) is 0 Å². The molecule has 9 nitrogen and oxygen atoms in total. The van der Waals surface area contributed by atoms with E-state index in [0.717, 1.165) is 75.2 Å². The van der Waals surface area contributed by atoms with Crippen LogP contribution in [0.3, 0.4) is 0 Å². The number of benzene rings is 1. The molecule has 4 aliphatic heterocycles. The van der Waals surface area contributed by atoms with Crippen LogP contribution < -0.4 is 15.4 Å². The van der Waals surface area contributed by atoms with Crippen molar-refractivity contribution in [2.24, 2.45) is 0 Å². The number of carbonyl (C=O) groups is 1. The van der Waals surface area contributed by atoms with Crippen molar-refractivity contribution in [1.29, 1.82) is 0 Å². The number of carbonyl (C=O) groups excluding carboxylic acids is 1. The van der Waals surface area contributed by atoms with Gasteiger partial charge in [-0.3, -0.25) is 9.80 Å². The zero-order chi connectivity index (χ0) is 28.9. The Labute approximate surface area is 271 Å². The van der Waals surface area contributed by atoms with Gasteiger partial charge in [0.05, 0.1) is 0 Å². The summed E-state index contributed by atoms with van der Waals surface area (Å²) in [6.07, 6.45) is 11.0. The normalized spacial score (nSPS) is 28.0. The second-order valence-corrected chi connectivity index (χ2v) is 15.3. The standard InChI is InChI=1S/C22H32N4O3S.C9H18N2.2ClH/c1-14(2)26-17-9-10-18(26)13-25(12-17)30(28,29)24-22(27)23-21-19-7-3-5-15(19)11-16-6-4-8-20(16)21;1-7(2)11-8-3-4-9(11)6-10-5-8;;/h11,14,17-18H,3-10,12-13H2,1-2H3,(H2,23,24,27);7-10H,3-6H2,1-2H3;2*1H. The van der Waals surface area contributed by atoms with E-state index in [9.17, 15) is 13.2 Å². The molecule has 4 fully saturated rings. The van der Waals surface area contributed by atoms with Crippen LogP contribution in [-0.4, -0.2) is 91.0 Å². The first-order valence-electron chi connectivity index (χ1n) is 16.1. The van der Waals surface area contributed by atoms with Crippen molar-refractivity contribution in [3.8, 4) is 0 Å². The summed E-state index contributed by atoms with van der Waals surface area (Å²) in [7, 11) is -3.86. The van der Waals surface area contributed by atoms with Gasteiger partial charge in [-0.25, -0.2) is 9.52 Å². The lowest BCUT2D eigenvalue weighted by Gasteiger charge is -2.42. The zero-order valence-corrected chi connectivity index (χ0v) is 28.7. The lowest BCUT2D eigenvalue weighted by Crippen LogP contribution is -2.59. The van der Waals surface area contributed by atoms with Crippen molar-refractivity contribution in [3.05, 3.63) is 28.3 Å². The van der Waals surface area contributed by atoms with Crippen molar-refractivity contribution in [2.45, 2.75) is 128 Å². The maximum atomic E-state index is 13.0. The van der Waals surface area contributed by atoms with Gasteiger partial charge < -0.3 is 10.6 Å². The van der Waals surface area contributed by atoms with Crippen LogP contribution >= 0.6 is 24.8 Å². The molecule has 4 bridgehead atoms. The van der Waals surface area contributed by atoms with Gasteiger partial charge in [-0.05, 0) is 114 Å². The van der Waals surface area contributed by atoms with Crippen LogP contribution in [0.25, 0.3) is 0 Å². The summed E-state index contributed by atoms with van der Waals surface area (Å²) in [5.41, 5.74) is 5.90. The number of rotatable bonds is 5. The lowest BCUT2D eigenvalue weighted by molar-refractivity contribution is 0.0794. The maximum Gasteiger partial charge on any atom is 0.333 e. The largest absolute Gasteiger partial charge is 0.333 e. The van der Waals surface area contributed by atoms with Gasteiger partial charge in [0.15, 0.2) is 0 Å². The first-order valence-corrected chi connectivity index (χ1v) is 17.6. The SMILES string of the molecule is CC(C)N1C2CCC1CN(S(=O)(=O)NC(=O)Nc1c3c(cc4c1CCC4)CCC3)C2.CC(C)N1C2CCC1CNC2.Cl.Cl. The molecule has 6 aliphatic rings. The van der Waals surface area contributed by atoms with Crippen molar-refractivity contribution in [1.82, 2.24) is 24.1 Å². The highest BCUT2D eigenvalue weighted by molar-refractivity contribution is 7.87. The van der Waals surface area contributed by atoms with E-state index in [0.29, 0.717) is 19.1 Å². The molecule has 4 unspecified atom stereocenters. The van der Waals surface area contributed by atoms with Crippen LogP contribution in [0.4, 0.5) is 10.5 Å². The smallest absolute Gasteiger partial charge is 0.314 e. The molecule has 4 saturated heterocycles. The summed E-state index contributed by atoms with van der Waals surface area (Å²) in [4.78, 5) is 17.9. The summed E-state index contributed by atoms with van der Waals surface area (Å²) >= 11 is 0. The maximum absolute atomic E-state index is 13.0. The van der Waals surface area contributed by atoms with E-state index in [1.165, 1.54) is 52.5 Å². The number of piperazine rings is 2. The molecule has 1 aromatic carbocycles. The quantitative estimate of drug-likeness (QED) is 0.438. The molecular weight excluding hydrogens is 607 g/mol. The monoisotopic (exact) mass is 658 g/mol. The van der Waals surface area contributed by atoms with E-state index in [-0.39, 0.29) is 36.9 Å². The van der Waals surface area contributed by atoms with Crippen molar-refractivity contribution in [2.75, 3.05) is 31.5 Å². The minimum absolute atomic E-state index is 0. The van der Waals surface area contributed by atoms with Gasteiger partial charge in [0.25, 0.3) is 0 Å². The molecule has 2 aliphatic carbocycles. The molecule has 0 radical (unpaired) electrons. The van der Waals surface area contributed by atoms with Crippen LogP contribution in [0.1, 0.15) is 88.5 Å². The fraction of sp³-hybridized carbons (Fsp3) is 0.774. The minimum Gasteiger partial charge on any atom is -0.314 e.